The zero-order chi connectivity index (χ0) is 12.8. The first-order valence-electron chi connectivity index (χ1n) is 7.09. The van der Waals surface area contributed by atoms with E-state index in [-0.39, 0.29) is 0 Å². The second kappa shape index (κ2) is 7.04. The normalized spacial score (nSPS) is 20.2. The standard InChI is InChI=1S/C17H24S/c1-14-10-11-16(13-15(14)2)7-6-12-18-17-8-4-3-5-9-17/h3-5,8-9,16H,6-7,10-13H2,1-2H3/t16-/m1/s1. The summed E-state index contributed by atoms with van der Waals surface area (Å²) >= 11 is 2.00. The molecule has 1 aliphatic carbocycles. The molecule has 1 aromatic carbocycles. The summed E-state index contributed by atoms with van der Waals surface area (Å²) in [5, 5.41) is 0. The van der Waals surface area contributed by atoms with Crippen molar-refractivity contribution < 1.29 is 0 Å². The molecule has 0 bridgehead atoms. The van der Waals surface area contributed by atoms with Gasteiger partial charge in [-0.05, 0) is 69.8 Å². The predicted molar refractivity (Wildman–Crippen MR) is 82.1 cm³/mol. The Morgan fingerprint density at radius 1 is 1.11 bits per heavy atom. The number of rotatable bonds is 5. The van der Waals surface area contributed by atoms with Gasteiger partial charge in [0.15, 0.2) is 0 Å². The van der Waals surface area contributed by atoms with Crippen molar-refractivity contribution in [2.75, 3.05) is 5.75 Å². The van der Waals surface area contributed by atoms with E-state index < -0.39 is 0 Å². The van der Waals surface area contributed by atoms with Crippen molar-refractivity contribution in [1.82, 2.24) is 0 Å². The lowest BCUT2D eigenvalue weighted by Crippen LogP contribution is -2.08. The largest absolute Gasteiger partial charge is 0.126 e. The zero-order valence-electron chi connectivity index (χ0n) is 11.6. The van der Waals surface area contributed by atoms with Gasteiger partial charge in [-0.25, -0.2) is 0 Å². The van der Waals surface area contributed by atoms with Gasteiger partial charge in [0, 0.05) is 4.90 Å². The fourth-order valence-electron chi connectivity index (χ4n) is 2.67. The molecule has 0 saturated heterocycles. The molecule has 0 nitrogen and oxygen atoms in total. The van der Waals surface area contributed by atoms with E-state index in [0.717, 1.165) is 5.92 Å². The molecule has 1 heteroatoms. The average molecular weight is 260 g/mol. The van der Waals surface area contributed by atoms with Crippen LogP contribution in [0.25, 0.3) is 0 Å². The molecular formula is C17H24S. The summed E-state index contributed by atoms with van der Waals surface area (Å²) in [6.45, 7) is 4.62. The third-order valence-electron chi connectivity index (χ3n) is 4.02. The molecule has 0 fully saturated rings. The Balaban J connectivity index is 1.65. The Morgan fingerprint density at radius 3 is 2.61 bits per heavy atom. The second-order valence-corrected chi connectivity index (χ2v) is 6.64. The van der Waals surface area contributed by atoms with Crippen LogP contribution < -0.4 is 0 Å². The van der Waals surface area contributed by atoms with Crippen molar-refractivity contribution in [3.63, 3.8) is 0 Å². The van der Waals surface area contributed by atoms with Gasteiger partial charge in [-0.2, -0.15) is 0 Å². The van der Waals surface area contributed by atoms with E-state index in [1.165, 1.54) is 42.8 Å². The highest BCUT2D eigenvalue weighted by Crippen LogP contribution is 2.32. The van der Waals surface area contributed by atoms with Gasteiger partial charge in [-0.1, -0.05) is 29.3 Å². The third-order valence-corrected chi connectivity index (χ3v) is 5.12. The molecule has 1 aromatic rings. The summed E-state index contributed by atoms with van der Waals surface area (Å²) in [5.74, 6) is 2.22. The highest BCUT2D eigenvalue weighted by molar-refractivity contribution is 7.99. The summed E-state index contributed by atoms with van der Waals surface area (Å²) in [7, 11) is 0. The first kappa shape index (κ1) is 13.7. The van der Waals surface area contributed by atoms with E-state index in [9.17, 15) is 0 Å². The molecule has 98 valence electrons. The minimum absolute atomic E-state index is 0.949. The number of allylic oxidation sites excluding steroid dienone is 2. The van der Waals surface area contributed by atoms with Gasteiger partial charge in [0.2, 0.25) is 0 Å². The molecule has 0 amide bonds. The van der Waals surface area contributed by atoms with Crippen molar-refractivity contribution in [2.45, 2.75) is 50.8 Å². The van der Waals surface area contributed by atoms with Crippen LogP contribution in [0.5, 0.6) is 0 Å². The van der Waals surface area contributed by atoms with E-state index in [1.54, 1.807) is 11.1 Å². The Hall–Kier alpha value is -0.690. The Labute approximate surface area is 116 Å². The molecule has 0 unspecified atom stereocenters. The molecule has 1 atom stereocenters. The first-order valence-corrected chi connectivity index (χ1v) is 8.07. The van der Waals surface area contributed by atoms with Gasteiger partial charge >= 0.3 is 0 Å². The quantitative estimate of drug-likeness (QED) is 0.372. The number of hydrogen-bond acceptors (Lipinski definition) is 1. The van der Waals surface area contributed by atoms with Gasteiger partial charge < -0.3 is 0 Å². The maximum absolute atomic E-state index is 2.32. The van der Waals surface area contributed by atoms with Gasteiger partial charge in [-0.3, -0.25) is 0 Å². The van der Waals surface area contributed by atoms with Crippen molar-refractivity contribution in [3.8, 4) is 0 Å². The number of benzene rings is 1. The monoisotopic (exact) mass is 260 g/mol. The van der Waals surface area contributed by atoms with Crippen LogP contribution >= 0.6 is 11.8 Å². The van der Waals surface area contributed by atoms with Crippen LogP contribution in [0.2, 0.25) is 0 Å². The lowest BCUT2D eigenvalue weighted by molar-refractivity contribution is 0.421. The average Bonchev–Trinajstić information content (AvgIpc) is 2.40. The van der Waals surface area contributed by atoms with Gasteiger partial charge in [0.05, 0.1) is 0 Å². The summed E-state index contributed by atoms with van der Waals surface area (Å²) in [5.41, 5.74) is 3.30. The van der Waals surface area contributed by atoms with Crippen LogP contribution in [0, 0.1) is 5.92 Å². The van der Waals surface area contributed by atoms with E-state index >= 15 is 0 Å². The molecule has 0 radical (unpaired) electrons. The minimum Gasteiger partial charge on any atom is -0.126 e. The Kier molecular flexibility index (Phi) is 5.37. The molecular weight excluding hydrogens is 236 g/mol. The summed E-state index contributed by atoms with van der Waals surface area (Å²) in [6, 6.07) is 10.8. The van der Waals surface area contributed by atoms with E-state index in [4.69, 9.17) is 0 Å². The number of thioether (sulfide) groups is 1. The first-order chi connectivity index (χ1) is 8.75. The molecule has 0 aliphatic heterocycles. The Morgan fingerprint density at radius 2 is 1.89 bits per heavy atom. The van der Waals surface area contributed by atoms with E-state index in [1.807, 2.05) is 11.8 Å². The molecule has 0 heterocycles. The lowest BCUT2D eigenvalue weighted by atomic mass is 9.83. The Bertz CT molecular complexity index is 391. The zero-order valence-corrected chi connectivity index (χ0v) is 12.4. The van der Waals surface area contributed by atoms with Crippen LogP contribution in [-0.4, -0.2) is 5.75 Å². The summed E-state index contributed by atoms with van der Waals surface area (Å²) < 4.78 is 0. The van der Waals surface area contributed by atoms with Crippen LogP contribution in [0.4, 0.5) is 0 Å². The fourth-order valence-corrected chi connectivity index (χ4v) is 3.56. The highest BCUT2D eigenvalue weighted by Gasteiger charge is 2.15. The van der Waals surface area contributed by atoms with Crippen LogP contribution in [0.1, 0.15) is 46.0 Å². The highest BCUT2D eigenvalue weighted by atomic mass is 32.2. The van der Waals surface area contributed by atoms with Crippen molar-refractivity contribution in [3.05, 3.63) is 41.5 Å². The summed E-state index contributed by atoms with van der Waals surface area (Å²) in [6.07, 6.45) is 6.87. The maximum atomic E-state index is 2.32. The van der Waals surface area contributed by atoms with Crippen molar-refractivity contribution in [1.29, 1.82) is 0 Å². The molecule has 0 saturated carbocycles. The SMILES string of the molecule is CC1=C(C)C[C@H](CCCSc2ccccc2)CC1. The van der Waals surface area contributed by atoms with Gasteiger partial charge in [0.1, 0.15) is 0 Å². The maximum Gasteiger partial charge on any atom is 0.00719 e. The van der Waals surface area contributed by atoms with E-state index in [0.29, 0.717) is 0 Å². The number of hydrogen-bond donors (Lipinski definition) is 0. The van der Waals surface area contributed by atoms with Gasteiger partial charge in [0.25, 0.3) is 0 Å². The molecule has 18 heavy (non-hydrogen) atoms. The van der Waals surface area contributed by atoms with Crippen LogP contribution in [-0.2, 0) is 0 Å². The second-order valence-electron chi connectivity index (χ2n) is 5.47. The third kappa shape index (κ3) is 4.20. The molecule has 0 spiro atoms. The predicted octanol–water partition coefficient (Wildman–Crippen LogP) is 5.70. The molecule has 1 aliphatic rings. The van der Waals surface area contributed by atoms with Crippen LogP contribution in [0.15, 0.2) is 46.4 Å². The van der Waals surface area contributed by atoms with E-state index in [2.05, 4.69) is 44.2 Å². The summed E-state index contributed by atoms with van der Waals surface area (Å²) in [4.78, 5) is 1.41. The molecule has 0 N–H and O–H groups in total. The van der Waals surface area contributed by atoms with Gasteiger partial charge in [-0.15, -0.1) is 11.8 Å². The lowest BCUT2D eigenvalue weighted by Gasteiger charge is -2.24. The van der Waals surface area contributed by atoms with Crippen LogP contribution in [0.3, 0.4) is 0 Å². The topological polar surface area (TPSA) is 0 Å². The van der Waals surface area contributed by atoms with Crippen molar-refractivity contribution >= 4 is 11.8 Å². The minimum atomic E-state index is 0.949. The molecule has 0 aromatic heterocycles. The smallest absolute Gasteiger partial charge is 0.00719 e. The fraction of sp³-hybridized carbons (Fsp3) is 0.529. The molecule has 2 rings (SSSR count). The van der Waals surface area contributed by atoms with Crippen molar-refractivity contribution in [2.24, 2.45) is 5.92 Å².